The van der Waals surface area contributed by atoms with Gasteiger partial charge in [0, 0.05) is 6.42 Å². The number of nitrogens with zero attached hydrogens (tertiary/aromatic N) is 4. The highest BCUT2D eigenvalue weighted by Crippen LogP contribution is 2.04. The molecule has 2 aromatic rings. The van der Waals surface area contributed by atoms with Gasteiger partial charge in [-0.1, -0.05) is 12.1 Å². The van der Waals surface area contributed by atoms with E-state index >= 15 is 0 Å². The molecule has 0 aliphatic heterocycles. The third kappa shape index (κ3) is 2.77. The van der Waals surface area contributed by atoms with E-state index in [0.29, 0.717) is 15.3 Å². The maximum atomic E-state index is 12.0. The number of aryl methyl sites for hydroxylation is 2. The van der Waals surface area contributed by atoms with E-state index in [0.717, 1.165) is 18.5 Å². The van der Waals surface area contributed by atoms with Crippen LogP contribution < -0.4 is 5.56 Å². The van der Waals surface area contributed by atoms with E-state index in [4.69, 9.17) is 4.52 Å². The number of halogens is 1. The summed E-state index contributed by atoms with van der Waals surface area (Å²) in [5.41, 5.74) is 0.654. The molecule has 2 heterocycles. The van der Waals surface area contributed by atoms with Gasteiger partial charge in [-0.2, -0.15) is 4.98 Å². The Morgan fingerprint density at radius 1 is 1.50 bits per heavy atom. The molecule has 0 N–H and O–H groups in total. The summed E-state index contributed by atoms with van der Waals surface area (Å²) in [4.78, 5) is 20.3. The Labute approximate surface area is 118 Å². The highest BCUT2D eigenvalue weighted by Gasteiger charge is 2.10. The van der Waals surface area contributed by atoms with Crippen molar-refractivity contribution in [3.05, 3.63) is 37.7 Å². The van der Waals surface area contributed by atoms with Gasteiger partial charge in [-0.15, -0.1) is 0 Å². The van der Waals surface area contributed by atoms with Gasteiger partial charge in [-0.25, -0.2) is 4.98 Å². The largest absolute Gasteiger partial charge is 0.339 e. The highest BCUT2D eigenvalue weighted by molar-refractivity contribution is 14.1. The topological polar surface area (TPSA) is 73.8 Å². The molecule has 0 saturated heterocycles. The van der Waals surface area contributed by atoms with Gasteiger partial charge >= 0.3 is 0 Å². The number of aromatic nitrogens is 4. The summed E-state index contributed by atoms with van der Waals surface area (Å²) in [6.07, 6.45) is 3.22. The van der Waals surface area contributed by atoms with Gasteiger partial charge in [0.25, 0.3) is 5.56 Å². The average Bonchev–Trinajstić information content (AvgIpc) is 2.78. The van der Waals surface area contributed by atoms with E-state index in [-0.39, 0.29) is 12.1 Å². The first-order valence-corrected chi connectivity index (χ1v) is 6.72. The molecule has 0 bridgehead atoms. The van der Waals surface area contributed by atoms with Crippen molar-refractivity contribution >= 4 is 22.6 Å². The van der Waals surface area contributed by atoms with E-state index in [1.165, 1.54) is 10.9 Å². The van der Waals surface area contributed by atoms with Crippen LogP contribution in [-0.2, 0) is 13.0 Å². The average molecular weight is 360 g/mol. The van der Waals surface area contributed by atoms with Crippen LogP contribution in [0.1, 0.15) is 30.8 Å². The Hall–Kier alpha value is -1.25. The lowest BCUT2D eigenvalue weighted by Crippen LogP contribution is -2.25. The van der Waals surface area contributed by atoms with E-state index < -0.39 is 0 Å². The van der Waals surface area contributed by atoms with Gasteiger partial charge < -0.3 is 4.52 Å². The second kappa shape index (κ2) is 5.59. The van der Waals surface area contributed by atoms with Crippen molar-refractivity contribution in [3.8, 4) is 0 Å². The molecule has 2 aromatic heterocycles. The van der Waals surface area contributed by atoms with Gasteiger partial charge in [-0.3, -0.25) is 9.36 Å². The van der Waals surface area contributed by atoms with E-state index in [9.17, 15) is 4.79 Å². The molecule has 7 heteroatoms. The second-order valence-corrected chi connectivity index (χ2v) is 5.01. The predicted molar refractivity (Wildman–Crippen MR) is 73.3 cm³/mol. The minimum Gasteiger partial charge on any atom is -0.339 e. The van der Waals surface area contributed by atoms with Gasteiger partial charge in [0.1, 0.15) is 0 Å². The molecule has 0 amide bonds. The van der Waals surface area contributed by atoms with Crippen LogP contribution >= 0.6 is 22.6 Å². The maximum Gasteiger partial charge on any atom is 0.267 e. The summed E-state index contributed by atoms with van der Waals surface area (Å²) in [5.74, 6) is 1.11. The van der Waals surface area contributed by atoms with Gasteiger partial charge in [-0.05, 0) is 35.9 Å². The standard InChI is InChI=1S/C11H13IN4O2/c1-3-4-9-14-8(15-18-9)5-16-6-13-7(2)10(12)11(16)17/h6H,3-5H2,1-2H3. The smallest absolute Gasteiger partial charge is 0.267 e. The predicted octanol–water partition coefficient (Wildman–Crippen LogP) is 1.54. The Morgan fingerprint density at radius 3 is 3.00 bits per heavy atom. The molecular weight excluding hydrogens is 347 g/mol. The van der Waals surface area contributed by atoms with Crippen molar-refractivity contribution in [2.75, 3.05) is 0 Å². The zero-order valence-corrected chi connectivity index (χ0v) is 12.3. The van der Waals surface area contributed by atoms with E-state index in [1.807, 2.05) is 29.5 Å². The molecule has 0 aliphatic rings. The molecule has 0 unspecified atom stereocenters. The lowest BCUT2D eigenvalue weighted by molar-refractivity contribution is 0.370. The second-order valence-electron chi connectivity index (χ2n) is 3.93. The summed E-state index contributed by atoms with van der Waals surface area (Å²) in [6.45, 7) is 4.14. The molecular formula is C11H13IN4O2. The van der Waals surface area contributed by atoms with Crippen LogP contribution in [0.3, 0.4) is 0 Å². The van der Waals surface area contributed by atoms with Gasteiger partial charge in [0.15, 0.2) is 5.82 Å². The summed E-state index contributed by atoms with van der Waals surface area (Å²) >= 11 is 2.00. The third-order valence-corrected chi connectivity index (χ3v) is 3.68. The van der Waals surface area contributed by atoms with Crippen LogP contribution in [0, 0.1) is 10.5 Å². The maximum absolute atomic E-state index is 12.0. The summed E-state index contributed by atoms with van der Waals surface area (Å²) in [7, 11) is 0. The van der Waals surface area contributed by atoms with Crippen molar-refractivity contribution in [1.82, 2.24) is 19.7 Å². The molecule has 0 spiro atoms. The van der Waals surface area contributed by atoms with Crippen LogP contribution in [0.15, 0.2) is 15.6 Å². The zero-order chi connectivity index (χ0) is 13.1. The Balaban J connectivity index is 2.23. The Kier molecular flexibility index (Phi) is 4.10. The van der Waals surface area contributed by atoms with Crippen molar-refractivity contribution in [2.45, 2.75) is 33.2 Å². The first-order valence-electron chi connectivity index (χ1n) is 5.64. The van der Waals surface area contributed by atoms with Crippen LogP contribution in [-0.4, -0.2) is 19.7 Å². The minimum absolute atomic E-state index is 0.0788. The molecule has 0 aliphatic carbocycles. The molecule has 2 rings (SSSR count). The lowest BCUT2D eigenvalue weighted by atomic mass is 10.3. The van der Waals surface area contributed by atoms with Crippen molar-refractivity contribution in [3.63, 3.8) is 0 Å². The SMILES string of the molecule is CCCc1nc(Cn2cnc(C)c(I)c2=O)no1. The third-order valence-electron chi connectivity index (χ3n) is 2.44. The van der Waals surface area contributed by atoms with E-state index in [2.05, 4.69) is 15.1 Å². The molecule has 0 saturated carbocycles. The van der Waals surface area contributed by atoms with Crippen molar-refractivity contribution < 1.29 is 4.52 Å². The van der Waals surface area contributed by atoms with Crippen LogP contribution in [0.25, 0.3) is 0 Å². The van der Waals surface area contributed by atoms with E-state index in [1.54, 1.807) is 6.92 Å². The van der Waals surface area contributed by atoms with Crippen LogP contribution in [0.5, 0.6) is 0 Å². The fourth-order valence-corrected chi connectivity index (χ4v) is 1.93. The summed E-state index contributed by atoms with van der Waals surface area (Å²) in [5, 5.41) is 3.85. The Morgan fingerprint density at radius 2 is 2.28 bits per heavy atom. The Bertz CT molecular complexity index is 605. The first-order chi connectivity index (χ1) is 8.61. The van der Waals surface area contributed by atoms with Crippen LogP contribution in [0.4, 0.5) is 0 Å². The lowest BCUT2D eigenvalue weighted by Gasteiger charge is -2.03. The van der Waals surface area contributed by atoms with Crippen molar-refractivity contribution in [2.24, 2.45) is 0 Å². The highest BCUT2D eigenvalue weighted by atomic mass is 127. The van der Waals surface area contributed by atoms with Crippen LogP contribution in [0.2, 0.25) is 0 Å². The fraction of sp³-hybridized carbons (Fsp3) is 0.455. The minimum atomic E-state index is -0.0788. The zero-order valence-electron chi connectivity index (χ0n) is 10.2. The van der Waals surface area contributed by atoms with Gasteiger partial charge in [0.05, 0.1) is 22.1 Å². The molecule has 0 atom stereocenters. The molecule has 6 nitrogen and oxygen atoms in total. The fourth-order valence-electron chi connectivity index (χ4n) is 1.48. The molecule has 0 radical (unpaired) electrons. The monoisotopic (exact) mass is 360 g/mol. The molecule has 96 valence electrons. The molecule has 0 aromatic carbocycles. The summed E-state index contributed by atoms with van der Waals surface area (Å²) < 4.78 is 7.17. The number of rotatable bonds is 4. The first kappa shape index (κ1) is 13.2. The number of hydrogen-bond acceptors (Lipinski definition) is 5. The number of hydrogen-bond donors (Lipinski definition) is 0. The normalized spacial score (nSPS) is 10.8. The summed E-state index contributed by atoms with van der Waals surface area (Å²) in [6, 6.07) is 0. The van der Waals surface area contributed by atoms with Crippen molar-refractivity contribution in [1.29, 1.82) is 0 Å². The quantitative estimate of drug-likeness (QED) is 0.774. The molecule has 0 fully saturated rings. The molecule has 18 heavy (non-hydrogen) atoms. The van der Waals surface area contributed by atoms with Gasteiger partial charge in [0.2, 0.25) is 5.89 Å².